The van der Waals surface area contributed by atoms with Gasteiger partial charge in [0.1, 0.15) is 4.90 Å². The zero-order chi connectivity index (χ0) is 21.0. The summed E-state index contributed by atoms with van der Waals surface area (Å²) < 4.78 is 28.0. The fourth-order valence-corrected chi connectivity index (χ4v) is 5.88. The molecule has 154 valence electrons. The second-order valence-corrected chi connectivity index (χ2v) is 9.74. The highest BCUT2D eigenvalue weighted by Gasteiger charge is 2.25. The summed E-state index contributed by atoms with van der Waals surface area (Å²) in [7, 11) is -3.75. The van der Waals surface area contributed by atoms with Crippen molar-refractivity contribution in [3.8, 4) is 0 Å². The number of carbonyl (C=O) groups is 1. The molecule has 0 fully saturated rings. The summed E-state index contributed by atoms with van der Waals surface area (Å²) in [5.74, 6) is -0.348. The molecule has 3 aromatic rings. The van der Waals surface area contributed by atoms with Gasteiger partial charge >= 0.3 is 0 Å². The highest BCUT2D eigenvalue weighted by Crippen LogP contribution is 2.26. The summed E-state index contributed by atoms with van der Waals surface area (Å²) in [5, 5.41) is 3.86. The van der Waals surface area contributed by atoms with Crippen LogP contribution in [-0.4, -0.2) is 43.2 Å². The number of hydrogen-bond acceptors (Lipinski definition) is 5. The average molecular weight is 452 g/mol. The number of carbonyl (C=O) groups excluding carboxylic acids is 1. The number of hydrogen-bond donors (Lipinski definition) is 1. The fraction of sp³-hybridized carbons (Fsp3) is 0.300. The molecule has 2 aromatic carbocycles. The van der Waals surface area contributed by atoms with Gasteiger partial charge in [-0.15, -0.1) is 11.3 Å². The minimum Gasteiger partial charge on any atom is -0.352 e. The van der Waals surface area contributed by atoms with E-state index in [1.54, 1.807) is 25.2 Å². The molecule has 1 heterocycles. The maximum atomic E-state index is 12.8. The number of rotatable bonds is 8. The van der Waals surface area contributed by atoms with Crippen LogP contribution < -0.4 is 5.32 Å². The first-order chi connectivity index (χ1) is 13.9. The largest absolute Gasteiger partial charge is 0.352 e. The van der Waals surface area contributed by atoms with Crippen LogP contribution in [0.1, 0.15) is 29.2 Å². The Kier molecular flexibility index (Phi) is 6.89. The van der Waals surface area contributed by atoms with Crippen LogP contribution in [-0.2, 0) is 16.4 Å². The molecule has 0 aliphatic heterocycles. The van der Waals surface area contributed by atoms with E-state index in [9.17, 15) is 13.2 Å². The van der Waals surface area contributed by atoms with Crippen molar-refractivity contribution in [1.29, 1.82) is 0 Å². The number of sulfonamides is 1. The third-order valence-corrected chi connectivity index (χ3v) is 8.11. The van der Waals surface area contributed by atoms with E-state index in [-0.39, 0.29) is 21.4 Å². The predicted molar refractivity (Wildman–Crippen MR) is 117 cm³/mol. The van der Waals surface area contributed by atoms with E-state index in [4.69, 9.17) is 11.6 Å². The molecule has 0 spiro atoms. The first-order valence-corrected chi connectivity index (χ1v) is 11.9. The van der Waals surface area contributed by atoms with Crippen molar-refractivity contribution < 1.29 is 13.2 Å². The summed E-state index contributed by atoms with van der Waals surface area (Å²) in [6.07, 6.45) is 0.600. The van der Waals surface area contributed by atoms with Crippen LogP contribution in [0.25, 0.3) is 10.2 Å². The third-order valence-electron chi connectivity index (χ3n) is 4.48. The van der Waals surface area contributed by atoms with Gasteiger partial charge in [0, 0.05) is 31.6 Å². The standard InChI is InChI=1S/C20H22ClN3O3S2/c1-3-24(4-2)29(26,27)18-13-14(9-10-15(18)21)20(25)22-12-11-19-23-16-7-5-6-8-17(16)28-19/h5-10,13H,3-4,11-12H2,1-2H3,(H,22,25). The van der Waals surface area contributed by atoms with Gasteiger partial charge in [-0.3, -0.25) is 4.79 Å². The topological polar surface area (TPSA) is 79.4 Å². The molecule has 0 saturated carbocycles. The van der Waals surface area contributed by atoms with Crippen LogP contribution in [0.15, 0.2) is 47.4 Å². The summed E-state index contributed by atoms with van der Waals surface area (Å²) >= 11 is 7.72. The van der Waals surface area contributed by atoms with Crippen LogP contribution in [0.4, 0.5) is 0 Å². The molecular formula is C20H22ClN3O3S2. The highest BCUT2D eigenvalue weighted by atomic mass is 35.5. The van der Waals surface area contributed by atoms with Crippen molar-refractivity contribution in [2.45, 2.75) is 25.2 Å². The Labute approximate surface area is 179 Å². The second-order valence-electron chi connectivity index (χ2n) is 6.32. The molecule has 0 bridgehead atoms. The van der Waals surface area contributed by atoms with Crippen LogP contribution in [0.3, 0.4) is 0 Å². The highest BCUT2D eigenvalue weighted by molar-refractivity contribution is 7.89. The molecule has 3 rings (SSSR count). The van der Waals surface area contributed by atoms with E-state index < -0.39 is 10.0 Å². The fourth-order valence-electron chi connectivity index (χ4n) is 2.96. The average Bonchev–Trinajstić information content (AvgIpc) is 3.11. The third kappa shape index (κ3) is 4.78. The molecule has 1 aromatic heterocycles. The van der Waals surface area contributed by atoms with E-state index in [0.29, 0.717) is 26.1 Å². The molecule has 29 heavy (non-hydrogen) atoms. The summed E-state index contributed by atoms with van der Waals surface area (Å²) in [6, 6.07) is 12.2. The summed E-state index contributed by atoms with van der Waals surface area (Å²) in [6.45, 7) is 4.57. The number of amides is 1. The van der Waals surface area contributed by atoms with Crippen LogP contribution in [0.2, 0.25) is 5.02 Å². The van der Waals surface area contributed by atoms with Gasteiger partial charge < -0.3 is 5.32 Å². The van der Waals surface area contributed by atoms with Gasteiger partial charge in [-0.25, -0.2) is 13.4 Å². The zero-order valence-corrected chi connectivity index (χ0v) is 18.6. The van der Waals surface area contributed by atoms with Gasteiger partial charge in [0.05, 0.1) is 20.2 Å². The van der Waals surface area contributed by atoms with Crippen molar-refractivity contribution in [2.24, 2.45) is 0 Å². The molecule has 0 atom stereocenters. The van der Waals surface area contributed by atoms with E-state index >= 15 is 0 Å². The lowest BCUT2D eigenvalue weighted by molar-refractivity contribution is 0.0954. The number of halogens is 1. The molecule has 0 aliphatic rings. The van der Waals surface area contributed by atoms with Crippen molar-refractivity contribution in [2.75, 3.05) is 19.6 Å². The Morgan fingerprint density at radius 2 is 1.90 bits per heavy atom. The Balaban J connectivity index is 1.71. The Hall–Kier alpha value is -2.00. The Morgan fingerprint density at radius 3 is 2.59 bits per heavy atom. The maximum absolute atomic E-state index is 12.8. The van der Waals surface area contributed by atoms with Crippen molar-refractivity contribution in [1.82, 2.24) is 14.6 Å². The number of nitrogens with zero attached hydrogens (tertiary/aromatic N) is 2. The summed E-state index contributed by atoms with van der Waals surface area (Å²) in [4.78, 5) is 17.0. The monoisotopic (exact) mass is 451 g/mol. The van der Waals surface area contributed by atoms with Crippen molar-refractivity contribution >= 4 is 49.1 Å². The lowest BCUT2D eigenvalue weighted by atomic mass is 10.2. The zero-order valence-electron chi connectivity index (χ0n) is 16.2. The van der Waals surface area contributed by atoms with Crippen LogP contribution >= 0.6 is 22.9 Å². The van der Waals surface area contributed by atoms with Gasteiger partial charge in [0.2, 0.25) is 10.0 Å². The lowest BCUT2D eigenvalue weighted by Gasteiger charge is -2.19. The first-order valence-electron chi connectivity index (χ1n) is 9.29. The van der Waals surface area contributed by atoms with Gasteiger partial charge in [-0.2, -0.15) is 4.31 Å². The second kappa shape index (κ2) is 9.21. The molecule has 0 saturated heterocycles. The lowest BCUT2D eigenvalue weighted by Crippen LogP contribution is -2.31. The number of nitrogens with one attached hydrogen (secondary N) is 1. The van der Waals surface area contributed by atoms with Gasteiger partial charge in [-0.1, -0.05) is 37.6 Å². The van der Waals surface area contributed by atoms with Crippen LogP contribution in [0.5, 0.6) is 0 Å². The van der Waals surface area contributed by atoms with E-state index in [1.165, 1.54) is 22.5 Å². The molecule has 0 radical (unpaired) electrons. The normalized spacial score (nSPS) is 11.9. The molecule has 0 aliphatic carbocycles. The number of thiazole rings is 1. The van der Waals surface area contributed by atoms with E-state index in [2.05, 4.69) is 10.3 Å². The van der Waals surface area contributed by atoms with Crippen molar-refractivity contribution in [3.63, 3.8) is 0 Å². The van der Waals surface area contributed by atoms with Crippen molar-refractivity contribution in [3.05, 3.63) is 58.1 Å². The first kappa shape index (κ1) is 21.7. The summed E-state index contributed by atoms with van der Waals surface area (Å²) in [5.41, 5.74) is 1.20. The van der Waals surface area contributed by atoms with E-state index in [0.717, 1.165) is 15.2 Å². The molecule has 6 nitrogen and oxygen atoms in total. The maximum Gasteiger partial charge on any atom is 0.251 e. The molecule has 9 heteroatoms. The van der Waals surface area contributed by atoms with Gasteiger partial charge in [0.15, 0.2) is 0 Å². The van der Waals surface area contributed by atoms with Gasteiger partial charge in [0.25, 0.3) is 5.91 Å². The number of para-hydroxylation sites is 1. The molecule has 1 N–H and O–H groups in total. The minimum atomic E-state index is -3.75. The van der Waals surface area contributed by atoms with Crippen LogP contribution in [0, 0.1) is 0 Å². The number of aromatic nitrogens is 1. The SMILES string of the molecule is CCN(CC)S(=O)(=O)c1cc(C(=O)NCCc2nc3ccccc3s2)ccc1Cl. The molecule has 1 amide bonds. The molecular weight excluding hydrogens is 430 g/mol. The number of fused-ring (bicyclic) bond motifs is 1. The minimum absolute atomic E-state index is 0.0540. The molecule has 0 unspecified atom stereocenters. The number of benzene rings is 2. The smallest absolute Gasteiger partial charge is 0.251 e. The van der Waals surface area contributed by atoms with Gasteiger partial charge in [-0.05, 0) is 30.3 Å². The Bertz CT molecular complexity index is 1090. The van der Waals surface area contributed by atoms with E-state index in [1.807, 2.05) is 24.3 Å². The predicted octanol–water partition coefficient (Wildman–Crippen LogP) is 3.95. The quantitative estimate of drug-likeness (QED) is 0.562. The Morgan fingerprint density at radius 1 is 1.17 bits per heavy atom.